The molecule has 0 spiro atoms. The van der Waals surface area contributed by atoms with Crippen molar-refractivity contribution in [3.8, 4) is 0 Å². The maximum Gasteiger partial charge on any atom is 0.0679 e. The lowest BCUT2D eigenvalue weighted by molar-refractivity contribution is 0.387. The zero-order valence-electron chi connectivity index (χ0n) is 32.0. The standard InChI is InChI=1S/C27H32ClNOS.C8H11N.3C2H6.CH4O/c1-18(2)26-21(6)12-13-29(27(26)19(3)4)31(7,30)25-10-8-22(9-11-25)16-23-14-20(5)15-24(28)17-23;1-2-7-4-3-5-8(9)6-7;4*1-2/h8-11,14-15,17,27H,1,3,7,12-13,16H2,2,4-6H3;3-6H,2,9H2,1H3;3*1-2H3;2H,1H3. The first-order valence-corrected chi connectivity index (χ1v) is 19.2. The summed E-state index contributed by atoms with van der Waals surface area (Å²) >= 11 is 6.20. The molecule has 0 bridgehead atoms. The number of hydrogen-bond acceptors (Lipinski definition) is 3. The number of hydrogen-bond donors (Lipinski definition) is 2. The van der Waals surface area contributed by atoms with Gasteiger partial charge in [-0.2, -0.15) is 0 Å². The van der Waals surface area contributed by atoms with E-state index in [1.165, 1.54) is 11.1 Å². The molecule has 0 aliphatic carbocycles. The zero-order valence-corrected chi connectivity index (χ0v) is 33.6. The Kier molecular flexibility index (Phi) is 24.5. The Morgan fingerprint density at radius 1 is 0.896 bits per heavy atom. The van der Waals surface area contributed by atoms with Crippen LogP contribution in [0.1, 0.15) is 97.9 Å². The number of rotatable bonds is 7. The van der Waals surface area contributed by atoms with Gasteiger partial charge in [-0.3, -0.25) is 0 Å². The van der Waals surface area contributed by atoms with Gasteiger partial charge in [0.1, 0.15) is 0 Å². The first kappa shape index (κ1) is 47.0. The highest BCUT2D eigenvalue weighted by atomic mass is 35.5. The summed E-state index contributed by atoms with van der Waals surface area (Å²) in [5.41, 5.74) is 15.5. The number of nitrogen functional groups attached to an aromatic ring is 1. The van der Waals surface area contributed by atoms with Gasteiger partial charge in [-0.25, -0.2) is 8.51 Å². The minimum Gasteiger partial charge on any atom is -0.400 e. The molecule has 2 atom stereocenters. The summed E-state index contributed by atoms with van der Waals surface area (Å²) < 4.78 is 16.0. The number of anilines is 1. The Hall–Kier alpha value is -3.09. The maximum atomic E-state index is 14.0. The molecule has 4 nitrogen and oxygen atoms in total. The predicted octanol–water partition coefficient (Wildman–Crippen LogP) is 11.3. The van der Waals surface area contributed by atoms with Crippen molar-refractivity contribution in [2.24, 2.45) is 0 Å². The Morgan fingerprint density at radius 2 is 1.46 bits per heavy atom. The van der Waals surface area contributed by atoms with Gasteiger partial charge < -0.3 is 10.8 Å². The number of aryl methyl sites for hydroxylation is 2. The van der Waals surface area contributed by atoms with E-state index in [0.717, 1.165) is 75.4 Å². The fourth-order valence-corrected chi connectivity index (χ4v) is 7.40. The Bertz CT molecular complexity index is 1500. The van der Waals surface area contributed by atoms with E-state index in [1.54, 1.807) is 0 Å². The van der Waals surface area contributed by atoms with Crippen LogP contribution in [0, 0.1) is 6.92 Å². The normalized spacial score (nSPS) is 14.7. The Morgan fingerprint density at radius 3 is 1.90 bits per heavy atom. The average molecular weight is 698 g/mol. The van der Waals surface area contributed by atoms with Gasteiger partial charge in [0, 0.05) is 29.3 Å². The molecule has 48 heavy (non-hydrogen) atoms. The van der Waals surface area contributed by atoms with Crippen LogP contribution in [-0.2, 0) is 22.5 Å². The molecule has 4 rings (SSSR count). The molecule has 1 heterocycles. The van der Waals surface area contributed by atoms with Crippen LogP contribution in [-0.4, -0.2) is 39.2 Å². The van der Waals surface area contributed by atoms with Crippen molar-refractivity contribution in [2.45, 2.75) is 106 Å². The Balaban J connectivity index is 0. The summed E-state index contributed by atoms with van der Waals surface area (Å²) in [4.78, 5) is 0.741. The molecule has 3 N–H and O–H groups in total. The van der Waals surface area contributed by atoms with Crippen molar-refractivity contribution in [2.75, 3.05) is 19.4 Å². The molecule has 6 heteroatoms. The summed E-state index contributed by atoms with van der Waals surface area (Å²) in [7, 11) is -1.67. The third-order valence-electron chi connectivity index (χ3n) is 7.19. The minimum absolute atomic E-state index is 0.134. The molecule has 0 aromatic heterocycles. The van der Waals surface area contributed by atoms with Crippen LogP contribution in [0.25, 0.3) is 0 Å². The second-order valence-electron chi connectivity index (χ2n) is 10.8. The lowest BCUT2D eigenvalue weighted by atomic mass is 9.87. The van der Waals surface area contributed by atoms with Gasteiger partial charge in [0.05, 0.1) is 15.7 Å². The van der Waals surface area contributed by atoms with Gasteiger partial charge >= 0.3 is 0 Å². The van der Waals surface area contributed by atoms with Crippen molar-refractivity contribution < 1.29 is 9.32 Å². The van der Waals surface area contributed by atoms with Crippen LogP contribution in [0.3, 0.4) is 0 Å². The van der Waals surface area contributed by atoms with E-state index in [1.807, 2.05) is 121 Å². The fraction of sp³-hybridized carbons (Fsp3) is 0.405. The zero-order chi connectivity index (χ0) is 37.6. The molecular weight excluding hydrogens is 632 g/mol. The van der Waals surface area contributed by atoms with Crippen molar-refractivity contribution >= 4 is 32.9 Å². The molecule has 0 saturated carbocycles. The number of aliphatic hydroxyl groups is 1. The second kappa shape index (κ2) is 25.0. The second-order valence-corrected chi connectivity index (χ2v) is 13.5. The molecule has 0 radical (unpaired) electrons. The third kappa shape index (κ3) is 14.6. The molecule has 1 aliphatic heterocycles. The smallest absolute Gasteiger partial charge is 0.0679 e. The highest BCUT2D eigenvalue weighted by Gasteiger charge is 2.34. The molecule has 0 fully saturated rings. The predicted molar refractivity (Wildman–Crippen MR) is 219 cm³/mol. The van der Waals surface area contributed by atoms with E-state index in [-0.39, 0.29) is 6.04 Å². The van der Waals surface area contributed by atoms with Crippen LogP contribution in [0.5, 0.6) is 0 Å². The first-order valence-electron chi connectivity index (χ1n) is 17.1. The lowest BCUT2D eigenvalue weighted by Gasteiger charge is -2.40. The summed E-state index contributed by atoms with van der Waals surface area (Å²) in [6.45, 7) is 31.3. The monoisotopic (exact) mass is 696 g/mol. The number of halogens is 1. The SMILES string of the molecule is C=C(C)C1=C(C)CCN(S(=C)(=O)c2ccc(Cc3cc(C)cc(Cl)c3)cc2)C1C(=C)C.CC.CC.CC.CCc1cccc(N)c1.CO. The molecule has 1 aliphatic rings. The molecule has 0 amide bonds. The van der Waals surface area contributed by atoms with E-state index in [2.05, 4.69) is 45.0 Å². The Labute approximate surface area is 300 Å². The van der Waals surface area contributed by atoms with Gasteiger partial charge in [-0.1, -0.05) is 120 Å². The van der Waals surface area contributed by atoms with Crippen LogP contribution in [0.4, 0.5) is 5.69 Å². The topological polar surface area (TPSA) is 66.6 Å². The fourth-order valence-electron chi connectivity index (χ4n) is 5.24. The third-order valence-corrected chi connectivity index (χ3v) is 9.57. The van der Waals surface area contributed by atoms with E-state index in [4.69, 9.17) is 22.4 Å². The van der Waals surface area contributed by atoms with Crippen LogP contribution in [0.15, 0.2) is 107 Å². The quantitative estimate of drug-likeness (QED) is 0.147. The largest absolute Gasteiger partial charge is 0.400 e. The van der Waals surface area contributed by atoms with E-state index in [9.17, 15) is 4.21 Å². The molecule has 3 aromatic carbocycles. The van der Waals surface area contributed by atoms with Crippen molar-refractivity contribution in [1.29, 1.82) is 0 Å². The van der Waals surface area contributed by atoms with Crippen LogP contribution >= 0.6 is 11.6 Å². The summed E-state index contributed by atoms with van der Waals surface area (Å²) in [5, 5.41) is 7.75. The van der Waals surface area contributed by atoms with Gasteiger partial charge in [0.15, 0.2) is 0 Å². The van der Waals surface area contributed by atoms with Crippen molar-refractivity contribution in [3.05, 3.63) is 129 Å². The molecule has 268 valence electrons. The number of aliphatic hydroxyl groups excluding tert-OH is 1. The van der Waals surface area contributed by atoms with Crippen molar-refractivity contribution in [3.63, 3.8) is 0 Å². The molecule has 2 unspecified atom stereocenters. The van der Waals surface area contributed by atoms with Gasteiger partial charge in [0.2, 0.25) is 0 Å². The van der Waals surface area contributed by atoms with E-state index >= 15 is 0 Å². The maximum absolute atomic E-state index is 14.0. The lowest BCUT2D eigenvalue weighted by Crippen LogP contribution is -2.45. The molecule has 3 aromatic rings. The number of nitrogens with two attached hydrogens (primary N) is 1. The average Bonchev–Trinajstić information content (AvgIpc) is 3.08. The molecular formula is C42H65ClN2O2S. The van der Waals surface area contributed by atoms with Crippen LogP contribution in [0.2, 0.25) is 5.02 Å². The van der Waals surface area contributed by atoms with Gasteiger partial charge in [-0.15, -0.1) is 0 Å². The van der Waals surface area contributed by atoms with Gasteiger partial charge in [0.25, 0.3) is 0 Å². The number of nitrogens with zero attached hydrogens (tertiary/aromatic N) is 1. The van der Waals surface area contributed by atoms with Crippen LogP contribution < -0.4 is 5.73 Å². The summed E-state index contributed by atoms with van der Waals surface area (Å²) in [6.07, 6.45) is 2.69. The highest BCUT2D eigenvalue weighted by Crippen LogP contribution is 2.35. The highest BCUT2D eigenvalue weighted by molar-refractivity contribution is 7.98. The molecule has 0 saturated heterocycles. The summed E-state index contributed by atoms with van der Waals surface area (Å²) in [5.74, 6) is 4.20. The minimum atomic E-state index is -2.67. The van der Waals surface area contributed by atoms with Gasteiger partial charge in [-0.05, 0) is 117 Å². The van der Waals surface area contributed by atoms with E-state index in [0.29, 0.717) is 6.54 Å². The number of benzene rings is 3. The first-order chi connectivity index (χ1) is 22.8. The summed E-state index contributed by atoms with van der Waals surface area (Å²) in [6, 6.07) is 21.9. The van der Waals surface area contributed by atoms with Crippen molar-refractivity contribution in [1.82, 2.24) is 4.31 Å². The van der Waals surface area contributed by atoms with E-state index < -0.39 is 9.71 Å².